The molecule has 0 saturated heterocycles. The summed E-state index contributed by atoms with van der Waals surface area (Å²) in [6, 6.07) is 12.1. The van der Waals surface area contributed by atoms with Gasteiger partial charge in [0, 0.05) is 30.7 Å². The Balaban J connectivity index is 1.44. The number of aryl methyl sites for hydroxylation is 1. The van der Waals surface area contributed by atoms with Crippen molar-refractivity contribution in [2.45, 2.75) is 37.4 Å². The van der Waals surface area contributed by atoms with Crippen molar-refractivity contribution in [3.63, 3.8) is 0 Å². The largest absolute Gasteiger partial charge is 0.494 e. The van der Waals surface area contributed by atoms with Crippen LogP contribution in [-0.2, 0) is 17.8 Å². The average molecular weight is 482 g/mol. The lowest BCUT2D eigenvalue weighted by molar-refractivity contribution is -0.113. The molecular weight excluding hydrogens is 454 g/mol. The number of nitrogens with zero attached hydrogens (tertiary/aromatic N) is 3. The van der Waals surface area contributed by atoms with Crippen LogP contribution >= 0.6 is 11.8 Å². The fourth-order valence-corrected chi connectivity index (χ4v) is 4.54. The lowest BCUT2D eigenvalue weighted by Crippen LogP contribution is -2.16. The second-order valence-corrected chi connectivity index (χ2v) is 8.71. The van der Waals surface area contributed by atoms with Crippen LogP contribution in [0, 0.1) is 0 Å². The molecule has 1 aromatic heterocycles. The molecule has 0 fully saturated rings. The fourth-order valence-electron chi connectivity index (χ4n) is 3.76. The third kappa shape index (κ3) is 5.51. The predicted molar refractivity (Wildman–Crippen MR) is 131 cm³/mol. The molecule has 0 unspecified atom stereocenters. The maximum atomic E-state index is 12.7. The predicted octanol–water partition coefficient (Wildman–Crippen LogP) is 4.00. The first-order valence-corrected chi connectivity index (χ1v) is 12.0. The van der Waals surface area contributed by atoms with Crippen LogP contribution in [0.1, 0.15) is 35.4 Å². The van der Waals surface area contributed by atoms with Crippen LogP contribution in [0.3, 0.4) is 0 Å². The highest BCUT2D eigenvalue weighted by atomic mass is 32.2. The van der Waals surface area contributed by atoms with Gasteiger partial charge in [-0.05, 0) is 25.0 Å². The molecule has 10 heteroatoms. The second kappa shape index (κ2) is 11.1. The number of fused-ring (bicyclic) bond motifs is 1. The normalized spacial score (nSPS) is 12.9. The van der Waals surface area contributed by atoms with Gasteiger partial charge in [-0.25, -0.2) is 0 Å². The molecular formula is C24H27N5O4S. The Morgan fingerprint density at radius 2 is 1.68 bits per heavy atom. The van der Waals surface area contributed by atoms with Crippen LogP contribution in [0.25, 0.3) is 0 Å². The molecule has 0 aliphatic carbocycles. The number of benzene rings is 2. The number of nitrogens with one attached hydrogen (secondary N) is 2. The van der Waals surface area contributed by atoms with E-state index in [0.717, 1.165) is 36.8 Å². The molecule has 178 valence electrons. The Kier molecular flexibility index (Phi) is 7.69. The summed E-state index contributed by atoms with van der Waals surface area (Å²) in [6.45, 7) is 0.882. The zero-order valence-electron chi connectivity index (χ0n) is 19.2. The van der Waals surface area contributed by atoms with E-state index >= 15 is 0 Å². The lowest BCUT2D eigenvalue weighted by Gasteiger charge is -2.16. The van der Waals surface area contributed by atoms with Gasteiger partial charge in [-0.15, -0.1) is 10.2 Å². The molecule has 34 heavy (non-hydrogen) atoms. The zero-order chi connectivity index (χ0) is 23.9. The molecule has 0 bridgehead atoms. The summed E-state index contributed by atoms with van der Waals surface area (Å²) < 4.78 is 13.0. The Hall–Kier alpha value is -3.53. The molecule has 3 aromatic rings. The molecule has 9 nitrogen and oxygen atoms in total. The van der Waals surface area contributed by atoms with Crippen LogP contribution in [0.5, 0.6) is 11.5 Å². The molecule has 2 aromatic carbocycles. The number of carbonyl (C=O) groups is 2. The highest BCUT2D eigenvalue weighted by molar-refractivity contribution is 7.99. The number of rotatable bonds is 8. The number of ether oxygens (including phenoxy) is 2. The first kappa shape index (κ1) is 23.6. The van der Waals surface area contributed by atoms with Crippen LogP contribution in [0.15, 0.2) is 47.6 Å². The van der Waals surface area contributed by atoms with E-state index in [1.165, 1.54) is 32.4 Å². The van der Waals surface area contributed by atoms with E-state index in [2.05, 4.69) is 25.4 Å². The summed E-state index contributed by atoms with van der Waals surface area (Å²) in [6.07, 6.45) is 4.31. The minimum absolute atomic E-state index is 0.177. The third-order valence-corrected chi connectivity index (χ3v) is 6.45. The minimum Gasteiger partial charge on any atom is -0.494 e. The van der Waals surface area contributed by atoms with Crippen LogP contribution in [0.2, 0.25) is 0 Å². The van der Waals surface area contributed by atoms with Crippen LogP contribution in [0.4, 0.5) is 11.4 Å². The van der Waals surface area contributed by atoms with Gasteiger partial charge in [0.25, 0.3) is 5.91 Å². The molecule has 0 spiro atoms. The van der Waals surface area contributed by atoms with E-state index in [1.54, 1.807) is 36.4 Å². The maximum absolute atomic E-state index is 12.7. The van der Waals surface area contributed by atoms with Crippen molar-refractivity contribution in [3.05, 3.63) is 53.9 Å². The molecule has 1 aliphatic heterocycles. The number of aromatic nitrogens is 3. The highest BCUT2D eigenvalue weighted by Crippen LogP contribution is 2.37. The summed E-state index contributed by atoms with van der Waals surface area (Å²) in [5.41, 5.74) is 1.40. The molecule has 4 rings (SSSR count). The number of carbonyl (C=O) groups excluding carboxylic acids is 2. The van der Waals surface area contributed by atoms with E-state index in [0.29, 0.717) is 28.4 Å². The Morgan fingerprint density at radius 3 is 2.38 bits per heavy atom. The first-order chi connectivity index (χ1) is 16.6. The van der Waals surface area contributed by atoms with Gasteiger partial charge in [0.2, 0.25) is 5.91 Å². The monoisotopic (exact) mass is 481 g/mol. The molecule has 0 radical (unpaired) electrons. The van der Waals surface area contributed by atoms with E-state index in [4.69, 9.17) is 9.47 Å². The number of thioether (sulfide) groups is 1. The van der Waals surface area contributed by atoms with Gasteiger partial charge < -0.3 is 24.7 Å². The Bertz CT molecular complexity index is 1170. The number of hydrogen-bond acceptors (Lipinski definition) is 7. The smallest absolute Gasteiger partial charge is 0.255 e. The Labute approximate surface area is 202 Å². The van der Waals surface area contributed by atoms with Gasteiger partial charge >= 0.3 is 0 Å². The van der Waals surface area contributed by atoms with Crippen molar-refractivity contribution < 1.29 is 19.1 Å². The highest BCUT2D eigenvalue weighted by Gasteiger charge is 2.18. The molecule has 2 heterocycles. The van der Waals surface area contributed by atoms with Gasteiger partial charge in [0.15, 0.2) is 5.16 Å². The molecule has 0 saturated carbocycles. The van der Waals surface area contributed by atoms with E-state index in [-0.39, 0.29) is 17.6 Å². The lowest BCUT2D eigenvalue weighted by atomic mass is 10.2. The topological polar surface area (TPSA) is 107 Å². The standard InChI is InChI=1S/C24H27N5O4S/c1-32-19-14-18(26-23(31)16-9-5-3-6-10-16)20(33-2)13-17(19)25-22(30)15-34-24-28-27-21-11-7-4-8-12-29(21)24/h3,5-6,9-10,13-14H,4,7-8,11-12,15H2,1-2H3,(H,25,30)(H,26,31). The summed E-state index contributed by atoms with van der Waals surface area (Å²) in [4.78, 5) is 25.3. The van der Waals surface area contributed by atoms with Crippen molar-refractivity contribution in [1.82, 2.24) is 14.8 Å². The molecule has 2 amide bonds. The number of amides is 2. The number of hydrogen-bond donors (Lipinski definition) is 2. The van der Waals surface area contributed by atoms with Crippen molar-refractivity contribution in [2.75, 3.05) is 30.6 Å². The quantitative estimate of drug-likeness (QED) is 0.468. The zero-order valence-corrected chi connectivity index (χ0v) is 20.0. The second-order valence-electron chi connectivity index (χ2n) is 7.77. The molecule has 2 N–H and O–H groups in total. The summed E-state index contributed by atoms with van der Waals surface area (Å²) >= 11 is 1.36. The van der Waals surface area contributed by atoms with Crippen molar-refractivity contribution in [3.8, 4) is 11.5 Å². The Morgan fingerprint density at radius 1 is 0.971 bits per heavy atom. The fraction of sp³-hybridized carbons (Fsp3) is 0.333. The summed E-state index contributed by atoms with van der Waals surface area (Å²) in [5.74, 6) is 1.48. The third-order valence-electron chi connectivity index (χ3n) is 5.49. The van der Waals surface area contributed by atoms with Crippen LogP contribution < -0.4 is 20.1 Å². The summed E-state index contributed by atoms with van der Waals surface area (Å²) in [5, 5.41) is 15.0. The van der Waals surface area contributed by atoms with Gasteiger partial charge in [-0.1, -0.05) is 36.4 Å². The van der Waals surface area contributed by atoms with Gasteiger partial charge in [-0.2, -0.15) is 0 Å². The number of methoxy groups -OCH3 is 2. The molecule has 0 atom stereocenters. The van der Waals surface area contributed by atoms with Crippen molar-refractivity contribution in [1.29, 1.82) is 0 Å². The van der Waals surface area contributed by atoms with Crippen molar-refractivity contribution >= 4 is 35.0 Å². The van der Waals surface area contributed by atoms with Gasteiger partial charge in [-0.3, -0.25) is 9.59 Å². The first-order valence-electron chi connectivity index (χ1n) is 11.1. The van der Waals surface area contributed by atoms with E-state index in [9.17, 15) is 9.59 Å². The van der Waals surface area contributed by atoms with Gasteiger partial charge in [0.05, 0.1) is 31.3 Å². The SMILES string of the molecule is COc1cc(NC(=O)c2ccccc2)c(OC)cc1NC(=O)CSc1nnc2n1CCCCC2. The maximum Gasteiger partial charge on any atom is 0.255 e. The van der Waals surface area contributed by atoms with Gasteiger partial charge in [0.1, 0.15) is 17.3 Å². The molecule has 1 aliphatic rings. The van der Waals surface area contributed by atoms with Crippen LogP contribution in [-0.4, -0.2) is 46.6 Å². The minimum atomic E-state index is -0.276. The van der Waals surface area contributed by atoms with E-state index in [1.807, 2.05) is 6.07 Å². The van der Waals surface area contributed by atoms with E-state index < -0.39 is 0 Å². The summed E-state index contributed by atoms with van der Waals surface area (Å²) in [7, 11) is 3.00. The average Bonchev–Trinajstić information content (AvgIpc) is 3.09. The van der Waals surface area contributed by atoms with Crippen molar-refractivity contribution in [2.24, 2.45) is 0 Å². The number of anilines is 2.